The number of carbonyl (C=O) groups excluding carboxylic acids is 1. The number of benzene rings is 2. The van der Waals surface area contributed by atoms with Gasteiger partial charge in [0.1, 0.15) is 0 Å². The summed E-state index contributed by atoms with van der Waals surface area (Å²) in [6.45, 7) is 2.88. The number of hydrogen-bond donors (Lipinski definition) is 2. The van der Waals surface area contributed by atoms with Crippen LogP contribution in [0.1, 0.15) is 22.3 Å². The smallest absolute Gasteiger partial charge is 0.262 e. The monoisotopic (exact) mass is 417 g/mol. The van der Waals surface area contributed by atoms with Crippen LogP contribution in [0.25, 0.3) is 10.9 Å². The number of nitrogens with zero attached hydrogens (tertiary/aromatic N) is 1. The van der Waals surface area contributed by atoms with Crippen molar-refractivity contribution in [2.45, 2.75) is 19.9 Å². The lowest BCUT2D eigenvalue weighted by Gasteiger charge is -2.11. The topological polar surface area (TPSA) is 76.1 Å². The van der Waals surface area contributed by atoms with E-state index in [2.05, 4.69) is 10.3 Å². The van der Waals surface area contributed by atoms with E-state index in [0.29, 0.717) is 51.5 Å². The molecule has 0 aliphatic heterocycles. The van der Waals surface area contributed by atoms with Crippen molar-refractivity contribution >= 4 is 46.3 Å². The van der Waals surface area contributed by atoms with Crippen molar-refractivity contribution in [1.82, 2.24) is 9.55 Å². The van der Waals surface area contributed by atoms with Crippen molar-refractivity contribution in [3.05, 3.63) is 67.7 Å². The van der Waals surface area contributed by atoms with Crippen molar-refractivity contribution in [1.29, 1.82) is 0 Å². The molecule has 3 aromatic rings. The van der Waals surface area contributed by atoms with E-state index in [1.165, 1.54) is 4.57 Å². The first-order chi connectivity index (χ1) is 13.4. The number of rotatable bonds is 6. The minimum absolute atomic E-state index is 0.185. The Morgan fingerprint density at radius 3 is 2.79 bits per heavy atom. The van der Waals surface area contributed by atoms with Crippen molar-refractivity contribution < 1.29 is 9.53 Å². The highest BCUT2D eigenvalue weighted by Gasteiger charge is 2.12. The van der Waals surface area contributed by atoms with Gasteiger partial charge in [0.2, 0.25) is 0 Å². The molecule has 0 atom stereocenters. The third-order valence-electron chi connectivity index (χ3n) is 4.41. The second kappa shape index (κ2) is 8.68. The summed E-state index contributed by atoms with van der Waals surface area (Å²) in [5.41, 5.74) is 2.30. The van der Waals surface area contributed by atoms with E-state index >= 15 is 0 Å². The Labute approximate surface area is 172 Å². The van der Waals surface area contributed by atoms with E-state index in [1.54, 1.807) is 43.5 Å². The van der Waals surface area contributed by atoms with Gasteiger partial charge in [0, 0.05) is 36.5 Å². The van der Waals surface area contributed by atoms with Gasteiger partial charge in [-0.25, -0.2) is 0 Å². The zero-order chi connectivity index (χ0) is 20.3. The highest BCUT2D eigenvalue weighted by molar-refractivity contribution is 7.71. The second-order valence-electron chi connectivity index (χ2n) is 6.41. The number of aromatic nitrogens is 2. The van der Waals surface area contributed by atoms with Gasteiger partial charge in [0.25, 0.3) is 11.5 Å². The zero-order valence-electron chi connectivity index (χ0n) is 15.5. The molecule has 0 saturated heterocycles. The lowest BCUT2D eigenvalue weighted by molar-refractivity contribution is 0.102. The number of hydrogen-bond acceptors (Lipinski definition) is 4. The third kappa shape index (κ3) is 4.32. The van der Waals surface area contributed by atoms with Gasteiger partial charge in [-0.15, -0.1) is 0 Å². The molecule has 0 saturated carbocycles. The molecule has 1 amide bonds. The van der Waals surface area contributed by atoms with Crippen molar-refractivity contribution in [2.75, 3.05) is 19.0 Å². The molecule has 8 heteroatoms. The summed E-state index contributed by atoms with van der Waals surface area (Å²) in [5.74, 6) is -0.282. The number of anilines is 1. The third-order valence-corrected chi connectivity index (χ3v) is 4.97. The Bertz CT molecular complexity index is 1150. The predicted molar refractivity (Wildman–Crippen MR) is 114 cm³/mol. The van der Waals surface area contributed by atoms with Crippen LogP contribution in [0.2, 0.25) is 5.02 Å². The Kier molecular flexibility index (Phi) is 6.28. The fourth-order valence-corrected chi connectivity index (χ4v) is 3.44. The number of ether oxygens (including phenoxy) is 1. The first-order valence-electron chi connectivity index (χ1n) is 8.74. The fraction of sp³-hybridized carbons (Fsp3) is 0.250. The molecule has 0 fully saturated rings. The number of fused-ring (bicyclic) bond motifs is 1. The van der Waals surface area contributed by atoms with Crippen molar-refractivity contribution in [2.24, 2.45) is 0 Å². The van der Waals surface area contributed by atoms with Crippen LogP contribution in [0.3, 0.4) is 0 Å². The Balaban J connectivity index is 1.91. The number of H-pyrrole nitrogens is 1. The lowest BCUT2D eigenvalue weighted by atomic mass is 10.1. The standard InChI is InChI=1S/C20H20ClN3O3S/c1-12-10-14(21)5-7-16(12)22-18(25)13-4-6-15-17(11-13)23-20(28)24(19(15)26)8-3-9-27-2/h4-7,10-11H,3,8-9H2,1-2H3,(H,22,25)(H,23,28). The molecule has 6 nitrogen and oxygen atoms in total. The van der Waals surface area contributed by atoms with E-state index < -0.39 is 0 Å². The molecule has 1 heterocycles. The minimum atomic E-state index is -0.282. The van der Waals surface area contributed by atoms with E-state index in [1.807, 2.05) is 6.92 Å². The van der Waals surface area contributed by atoms with Crippen molar-refractivity contribution in [3.8, 4) is 0 Å². The largest absolute Gasteiger partial charge is 0.385 e. The van der Waals surface area contributed by atoms with Crippen LogP contribution in [0.4, 0.5) is 5.69 Å². The average Bonchev–Trinajstić information content (AvgIpc) is 2.66. The Morgan fingerprint density at radius 2 is 2.07 bits per heavy atom. The molecule has 0 unspecified atom stereocenters. The minimum Gasteiger partial charge on any atom is -0.385 e. The van der Waals surface area contributed by atoms with Gasteiger partial charge in [0.05, 0.1) is 10.9 Å². The van der Waals surface area contributed by atoms with Gasteiger partial charge in [-0.3, -0.25) is 14.2 Å². The predicted octanol–water partition coefficient (Wildman–Crippen LogP) is 4.31. The number of nitrogens with one attached hydrogen (secondary N) is 2. The number of aryl methyl sites for hydroxylation is 1. The molecule has 1 aromatic heterocycles. The van der Waals surface area contributed by atoms with Gasteiger partial charge < -0.3 is 15.0 Å². The maximum absolute atomic E-state index is 12.7. The van der Waals surface area contributed by atoms with Crippen molar-refractivity contribution in [3.63, 3.8) is 0 Å². The summed E-state index contributed by atoms with van der Waals surface area (Å²) >= 11 is 11.3. The first-order valence-corrected chi connectivity index (χ1v) is 9.52. The highest BCUT2D eigenvalue weighted by Crippen LogP contribution is 2.21. The molecular formula is C20H20ClN3O3S. The molecule has 0 bridgehead atoms. The highest BCUT2D eigenvalue weighted by atomic mass is 35.5. The summed E-state index contributed by atoms with van der Waals surface area (Å²) in [6.07, 6.45) is 0.681. The quantitative estimate of drug-likeness (QED) is 0.463. The van der Waals surface area contributed by atoms with Crippen LogP contribution >= 0.6 is 23.8 Å². The van der Waals surface area contributed by atoms with E-state index in [-0.39, 0.29) is 11.5 Å². The maximum Gasteiger partial charge on any atom is 0.262 e. The first kappa shape index (κ1) is 20.3. The van der Waals surface area contributed by atoms with Crippen LogP contribution in [0.5, 0.6) is 0 Å². The van der Waals surface area contributed by atoms with E-state index in [9.17, 15) is 9.59 Å². The van der Waals surface area contributed by atoms with Gasteiger partial charge in [-0.05, 0) is 67.5 Å². The molecule has 0 aliphatic rings. The number of amides is 1. The fourth-order valence-electron chi connectivity index (χ4n) is 2.93. The summed E-state index contributed by atoms with van der Waals surface area (Å²) in [7, 11) is 1.61. The molecule has 0 aliphatic carbocycles. The summed E-state index contributed by atoms with van der Waals surface area (Å²) in [5, 5.41) is 3.94. The van der Waals surface area contributed by atoms with Gasteiger partial charge >= 0.3 is 0 Å². The number of halogens is 1. The van der Waals surface area contributed by atoms with Crippen LogP contribution in [-0.2, 0) is 11.3 Å². The number of methoxy groups -OCH3 is 1. The SMILES string of the molecule is COCCCn1c(=S)[nH]c2cc(C(=O)Nc3ccc(Cl)cc3C)ccc2c1=O. The Hall–Kier alpha value is -2.48. The molecular weight excluding hydrogens is 398 g/mol. The maximum atomic E-state index is 12.7. The molecule has 3 rings (SSSR count). The van der Waals surface area contributed by atoms with E-state index in [0.717, 1.165) is 5.56 Å². The summed E-state index contributed by atoms with van der Waals surface area (Å²) in [6, 6.07) is 10.1. The summed E-state index contributed by atoms with van der Waals surface area (Å²) < 4.78 is 6.85. The molecule has 146 valence electrons. The average molecular weight is 418 g/mol. The van der Waals surface area contributed by atoms with Crippen LogP contribution in [-0.4, -0.2) is 29.2 Å². The molecule has 0 radical (unpaired) electrons. The molecule has 2 aromatic carbocycles. The lowest BCUT2D eigenvalue weighted by Crippen LogP contribution is -2.23. The summed E-state index contributed by atoms with van der Waals surface area (Å²) in [4.78, 5) is 28.4. The zero-order valence-corrected chi connectivity index (χ0v) is 17.1. The molecule has 2 N–H and O–H groups in total. The van der Waals surface area contributed by atoms with Crippen LogP contribution in [0.15, 0.2) is 41.2 Å². The van der Waals surface area contributed by atoms with Gasteiger partial charge in [-0.2, -0.15) is 0 Å². The van der Waals surface area contributed by atoms with Gasteiger partial charge in [0.15, 0.2) is 4.77 Å². The molecule has 28 heavy (non-hydrogen) atoms. The number of carbonyl (C=O) groups is 1. The Morgan fingerprint density at radius 1 is 1.29 bits per heavy atom. The number of aromatic amines is 1. The van der Waals surface area contributed by atoms with Gasteiger partial charge in [-0.1, -0.05) is 11.6 Å². The van der Waals surface area contributed by atoms with Crippen LogP contribution in [0, 0.1) is 11.7 Å². The van der Waals surface area contributed by atoms with E-state index in [4.69, 9.17) is 28.6 Å². The van der Waals surface area contributed by atoms with Crippen LogP contribution < -0.4 is 10.9 Å². The molecule has 0 spiro atoms. The normalized spacial score (nSPS) is 11.0. The second-order valence-corrected chi connectivity index (χ2v) is 7.23.